The van der Waals surface area contributed by atoms with Crippen LogP contribution in [-0.4, -0.2) is 23.1 Å². The van der Waals surface area contributed by atoms with Gasteiger partial charge in [0.25, 0.3) is 0 Å². The van der Waals surface area contributed by atoms with E-state index in [1.807, 2.05) is 13.8 Å². The van der Waals surface area contributed by atoms with Crippen LogP contribution in [0.15, 0.2) is 18.0 Å². The van der Waals surface area contributed by atoms with E-state index in [9.17, 15) is 0 Å². The van der Waals surface area contributed by atoms with Crippen LogP contribution in [0.5, 0.6) is 5.88 Å². The van der Waals surface area contributed by atoms with Crippen molar-refractivity contribution in [2.45, 2.75) is 46.0 Å². The van der Waals surface area contributed by atoms with Crippen LogP contribution < -0.4 is 10.1 Å². The zero-order chi connectivity index (χ0) is 13.5. The van der Waals surface area contributed by atoms with Crippen molar-refractivity contribution >= 4 is 5.82 Å². The third-order valence-corrected chi connectivity index (χ3v) is 3.44. The molecule has 0 radical (unpaired) electrons. The van der Waals surface area contributed by atoms with E-state index in [2.05, 4.69) is 21.4 Å². The standard InChI is InChI=1S/C15H23N3O/c1-3-19-15-12(2)14(17-11-18-15)16-10-9-13-7-5-4-6-8-13/h7,11H,3-6,8-10H2,1-2H3,(H,16,17,18). The number of aromatic nitrogens is 2. The minimum Gasteiger partial charge on any atom is -0.478 e. The summed E-state index contributed by atoms with van der Waals surface area (Å²) in [5.74, 6) is 1.56. The molecule has 1 aromatic rings. The van der Waals surface area contributed by atoms with Crippen LogP contribution in [0.2, 0.25) is 0 Å². The van der Waals surface area contributed by atoms with Crippen LogP contribution in [0.3, 0.4) is 0 Å². The Kier molecular flexibility index (Phi) is 5.19. The number of rotatable bonds is 6. The first-order chi connectivity index (χ1) is 9.31. The minimum atomic E-state index is 0.629. The van der Waals surface area contributed by atoms with Gasteiger partial charge in [-0.05, 0) is 46.0 Å². The van der Waals surface area contributed by atoms with Crippen LogP contribution in [0.4, 0.5) is 5.82 Å². The third kappa shape index (κ3) is 3.94. The average Bonchev–Trinajstić information content (AvgIpc) is 2.44. The van der Waals surface area contributed by atoms with E-state index >= 15 is 0 Å². The molecule has 0 amide bonds. The number of allylic oxidation sites excluding steroid dienone is 1. The van der Waals surface area contributed by atoms with Crippen molar-refractivity contribution in [2.24, 2.45) is 0 Å². The molecule has 2 rings (SSSR count). The van der Waals surface area contributed by atoms with Gasteiger partial charge in [-0.1, -0.05) is 11.6 Å². The monoisotopic (exact) mass is 261 g/mol. The second-order valence-electron chi connectivity index (χ2n) is 4.87. The van der Waals surface area contributed by atoms with Gasteiger partial charge < -0.3 is 10.1 Å². The summed E-state index contributed by atoms with van der Waals surface area (Å²) < 4.78 is 5.47. The number of ether oxygens (including phenoxy) is 1. The molecule has 0 bridgehead atoms. The molecule has 1 aliphatic rings. The quantitative estimate of drug-likeness (QED) is 0.796. The van der Waals surface area contributed by atoms with E-state index in [0.29, 0.717) is 12.5 Å². The third-order valence-electron chi connectivity index (χ3n) is 3.44. The summed E-state index contributed by atoms with van der Waals surface area (Å²) in [6.45, 7) is 5.51. The number of hydrogen-bond donors (Lipinski definition) is 1. The number of hydrogen-bond acceptors (Lipinski definition) is 4. The maximum atomic E-state index is 5.47. The molecule has 0 saturated heterocycles. The highest BCUT2D eigenvalue weighted by molar-refractivity contribution is 5.47. The summed E-state index contributed by atoms with van der Waals surface area (Å²) in [6, 6.07) is 0. The summed E-state index contributed by atoms with van der Waals surface area (Å²) in [5, 5.41) is 3.39. The Morgan fingerprint density at radius 1 is 1.32 bits per heavy atom. The minimum absolute atomic E-state index is 0.629. The van der Waals surface area contributed by atoms with E-state index in [1.165, 1.54) is 25.7 Å². The molecular formula is C15H23N3O. The fourth-order valence-corrected chi connectivity index (χ4v) is 2.37. The Morgan fingerprint density at radius 3 is 2.95 bits per heavy atom. The lowest BCUT2D eigenvalue weighted by Gasteiger charge is -2.14. The van der Waals surface area contributed by atoms with Gasteiger partial charge in [-0.15, -0.1) is 0 Å². The summed E-state index contributed by atoms with van der Waals surface area (Å²) in [4.78, 5) is 8.42. The molecule has 1 aromatic heterocycles. The lowest BCUT2D eigenvalue weighted by Crippen LogP contribution is -2.08. The molecule has 1 N–H and O–H groups in total. The zero-order valence-electron chi connectivity index (χ0n) is 11.9. The van der Waals surface area contributed by atoms with Gasteiger partial charge >= 0.3 is 0 Å². The van der Waals surface area contributed by atoms with Crippen molar-refractivity contribution in [1.82, 2.24) is 9.97 Å². The van der Waals surface area contributed by atoms with Crippen LogP contribution in [0.1, 0.15) is 44.6 Å². The molecule has 0 unspecified atom stereocenters. The fraction of sp³-hybridized carbons (Fsp3) is 0.600. The molecule has 0 saturated carbocycles. The fourth-order valence-electron chi connectivity index (χ4n) is 2.37. The van der Waals surface area contributed by atoms with Crippen molar-refractivity contribution in [3.05, 3.63) is 23.5 Å². The van der Waals surface area contributed by atoms with Crippen molar-refractivity contribution in [2.75, 3.05) is 18.5 Å². The van der Waals surface area contributed by atoms with E-state index in [1.54, 1.807) is 11.9 Å². The molecule has 4 heteroatoms. The van der Waals surface area contributed by atoms with Gasteiger partial charge in [-0.25, -0.2) is 9.97 Å². The van der Waals surface area contributed by atoms with Gasteiger partial charge in [0.1, 0.15) is 12.1 Å². The maximum Gasteiger partial charge on any atom is 0.221 e. The highest BCUT2D eigenvalue weighted by Crippen LogP contribution is 2.22. The topological polar surface area (TPSA) is 47.0 Å². The van der Waals surface area contributed by atoms with Crippen LogP contribution in [0, 0.1) is 6.92 Å². The smallest absolute Gasteiger partial charge is 0.221 e. The molecule has 0 aromatic carbocycles. The second-order valence-corrected chi connectivity index (χ2v) is 4.87. The molecule has 0 fully saturated rings. The van der Waals surface area contributed by atoms with E-state index in [4.69, 9.17) is 4.74 Å². The summed E-state index contributed by atoms with van der Waals surface area (Å²) in [6.07, 6.45) is 10.2. The van der Waals surface area contributed by atoms with Crippen molar-refractivity contribution < 1.29 is 4.74 Å². The van der Waals surface area contributed by atoms with Gasteiger partial charge in [0.05, 0.1) is 12.2 Å². The molecule has 19 heavy (non-hydrogen) atoms. The highest BCUT2D eigenvalue weighted by atomic mass is 16.5. The molecule has 104 valence electrons. The van der Waals surface area contributed by atoms with Crippen molar-refractivity contribution in [3.63, 3.8) is 0 Å². The van der Waals surface area contributed by atoms with Crippen LogP contribution >= 0.6 is 0 Å². The first-order valence-electron chi connectivity index (χ1n) is 7.17. The van der Waals surface area contributed by atoms with Crippen molar-refractivity contribution in [3.8, 4) is 5.88 Å². The van der Waals surface area contributed by atoms with Gasteiger partial charge in [-0.3, -0.25) is 0 Å². The average molecular weight is 261 g/mol. The van der Waals surface area contributed by atoms with E-state index < -0.39 is 0 Å². The van der Waals surface area contributed by atoms with Gasteiger partial charge in [0.15, 0.2) is 0 Å². The number of nitrogens with one attached hydrogen (secondary N) is 1. The molecule has 4 nitrogen and oxygen atoms in total. The predicted molar refractivity (Wildman–Crippen MR) is 77.6 cm³/mol. The van der Waals surface area contributed by atoms with Crippen LogP contribution in [-0.2, 0) is 0 Å². The van der Waals surface area contributed by atoms with E-state index in [-0.39, 0.29) is 0 Å². The zero-order valence-corrected chi connectivity index (χ0v) is 11.9. The summed E-state index contributed by atoms with van der Waals surface area (Å²) in [5.41, 5.74) is 2.57. The Balaban J connectivity index is 1.88. The lowest BCUT2D eigenvalue weighted by molar-refractivity contribution is 0.324. The molecule has 0 spiro atoms. The molecule has 1 heterocycles. The Hall–Kier alpha value is -1.58. The van der Waals surface area contributed by atoms with E-state index in [0.717, 1.165) is 24.3 Å². The lowest BCUT2D eigenvalue weighted by atomic mass is 9.97. The first-order valence-corrected chi connectivity index (χ1v) is 7.17. The SMILES string of the molecule is CCOc1ncnc(NCCC2=CCCCC2)c1C. The first kappa shape index (κ1) is 13.8. The van der Waals surface area contributed by atoms with Gasteiger partial charge in [0, 0.05) is 6.54 Å². The molecule has 0 atom stereocenters. The molecule has 1 aliphatic carbocycles. The number of anilines is 1. The Bertz CT molecular complexity index is 443. The Morgan fingerprint density at radius 2 is 2.21 bits per heavy atom. The second kappa shape index (κ2) is 7.12. The normalized spacial score (nSPS) is 14.9. The van der Waals surface area contributed by atoms with Crippen LogP contribution in [0.25, 0.3) is 0 Å². The van der Waals surface area contributed by atoms with Gasteiger partial charge in [0.2, 0.25) is 5.88 Å². The predicted octanol–water partition coefficient (Wildman–Crippen LogP) is 3.49. The summed E-state index contributed by atoms with van der Waals surface area (Å²) in [7, 11) is 0. The van der Waals surface area contributed by atoms with Crippen molar-refractivity contribution in [1.29, 1.82) is 0 Å². The number of nitrogens with zero attached hydrogens (tertiary/aromatic N) is 2. The largest absolute Gasteiger partial charge is 0.478 e. The summed E-state index contributed by atoms with van der Waals surface area (Å²) >= 11 is 0. The molecule has 0 aliphatic heterocycles. The molecular weight excluding hydrogens is 238 g/mol. The highest BCUT2D eigenvalue weighted by Gasteiger charge is 2.08. The Labute approximate surface area is 115 Å². The van der Waals surface area contributed by atoms with Gasteiger partial charge in [-0.2, -0.15) is 0 Å². The maximum absolute atomic E-state index is 5.47.